The second kappa shape index (κ2) is 6.74. The highest BCUT2D eigenvalue weighted by Crippen LogP contribution is 2.28. The Morgan fingerprint density at radius 2 is 1.90 bits per heavy atom. The Labute approximate surface area is 129 Å². The molecule has 0 aliphatic carbocycles. The van der Waals surface area contributed by atoms with Crippen LogP contribution in [0, 0.1) is 0 Å². The lowest BCUT2D eigenvalue weighted by Gasteiger charge is -2.27. The van der Waals surface area contributed by atoms with Crippen LogP contribution in [-0.4, -0.2) is 11.0 Å². The van der Waals surface area contributed by atoms with E-state index in [1.807, 2.05) is 25.1 Å². The van der Waals surface area contributed by atoms with Crippen molar-refractivity contribution in [2.24, 2.45) is 0 Å². The second-order valence-electron chi connectivity index (χ2n) is 4.94. The molecule has 1 unspecified atom stereocenters. The molecule has 0 radical (unpaired) electrons. The Balaban J connectivity index is 2.28. The van der Waals surface area contributed by atoms with E-state index in [-0.39, 0.29) is 0 Å². The van der Waals surface area contributed by atoms with Gasteiger partial charge >= 0.3 is 0 Å². The highest BCUT2D eigenvalue weighted by molar-refractivity contribution is 6.30. The smallest absolute Gasteiger partial charge is 0.260 e. The summed E-state index contributed by atoms with van der Waals surface area (Å²) < 4.78 is 0. The van der Waals surface area contributed by atoms with Crippen molar-refractivity contribution in [3.05, 3.63) is 65.2 Å². The SMILES string of the molecule is CCCC(O)(C(=O)Nc1cccc(Cl)c1)c1ccccc1. The van der Waals surface area contributed by atoms with E-state index in [4.69, 9.17) is 11.6 Å². The Kier molecular flexibility index (Phi) is 4.99. The lowest BCUT2D eigenvalue weighted by molar-refractivity contribution is -0.135. The molecule has 0 spiro atoms. The van der Waals surface area contributed by atoms with Gasteiger partial charge in [0.05, 0.1) is 0 Å². The minimum Gasteiger partial charge on any atom is -0.375 e. The Bertz CT molecular complexity index is 615. The van der Waals surface area contributed by atoms with Crippen LogP contribution in [0.3, 0.4) is 0 Å². The third-order valence-corrected chi connectivity index (χ3v) is 3.56. The number of amides is 1. The topological polar surface area (TPSA) is 49.3 Å². The van der Waals surface area contributed by atoms with Gasteiger partial charge in [0.15, 0.2) is 5.60 Å². The number of carbonyl (C=O) groups excluding carboxylic acids is 1. The summed E-state index contributed by atoms with van der Waals surface area (Å²) in [7, 11) is 0. The van der Waals surface area contributed by atoms with Crippen molar-refractivity contribution in [2.45, 2.75) is 25.4 Å². The van der Waals surface area contributed by atoms with Gasteiger partial charge in [-0.2, -0.15) is 0 Å². The largest absolute Gasteiger partial charge is 0.375 e. The maximum Gasteiger partial charge on any atom is 0.260 e. The van der Waals surface area contributed by atoms with Crippen LogP contribution in [0.25, 0.3) is 0 Å². The van der Waals surface area contributed by atoms with Gasteiger partial charge in [0.25, 0.3) is 5.91 Å². The van der Waals surface area contributed by atoms with E-state index < -0.39 is 11.5 Å². The van der Waals surface area contributed by atoms with E-state index >= 15 is 0 Å². The van der Waals surface area contributed by atoms with Gasteiger partial charge in [-0.3, -0.25) is 4.79 Å². The maximum absolute atomic E-state index is 12.5. The highest BCUT2D eigenvalue weighted by Gasteiger charge is 2.36. The van der Waals surface area contributed by atoms with Crippen LogP contribution in [0.1, 0.15) is 25.3 Å². The molecule has 0 heterocycles. The highest BCUT2D eigenvalue weighted by atomic mass is 35.5. The zero-order chi connectivity index (χ0) is 15.3. The van der Waals surface area contributed by atoms with E-state index in [1.54, 1.807) is 36.4 Å². The number of nitrogens with one attached hydrogen (secondary N) is 1. The van der Waals surface area contributed by atoms with Gasteiger partial charge in [0.1, 0.15) is 0 Å². The third-order valence-electron chi connectivity index (χ3n) is 3.32. The number of aliphatic hydroxyl groups is 1. The van der Waals surface area contributed by atoms with Crippen LogP contribution in [0.4, 0.5) is 5.69 Å². The first-order valence-corrected chi connectivity index (χ1v) is 7.29. The molecular weight excluding hydrogens is 286 g/mol. The van der Waals surface area contributed by atoms with Crippen molar-refractivity contribution < 1.29 is 9.90 Å². The number of hydrogen-bond acceptors (Lipinski definition) is 2. The van der Waals surface area contributed by atoms with Gasteiger partial charge in [0, 0.05) is 10.7 Å². The molecule has 1 atom stereocenters. The average molecular weight is 304 g/mol. The van der Waals surface area contributed by atoms with Gasteiger partial charge in [-0.15, -0.1) is 0 Å². The molecular formula is C17H18ClNO2. The number of rotatable bonds is 5. The van der Waals surface area contributed by atoms with E-state index in [0.717, 1.165) is 0 Å². The summed E-state index contributed by atoms with van der Waals surface area (Å²) in [6, 6.07) is 15.8. The molecule has 2 N–H and O–H groups in total. The third kappa shape index (κ3) is 3.63. The first-order chi connectivity index (χ1) is 10.1. The quantitative estimate of drug-likeness (QED) is 0.878. The number of benzene rings is 2. The summed E-state index contributed by atoms with van der Waals surface area (Å²) in [5, 5.41) is 14.1. The molecule has 0 aromatic heterocycles. The summed E-state index contributed by atoms with van der Waals surface area (Å²) in [6.07, 6.45) is 1.04. The Morgan fingerprint density at radius 1 is 1.19 bits per heavy atom. The average Bonchev–Trinajstić information content (AvgIpc) is 2.48. The molecule has 0 fully saturated rings. The molecule has 2 aromatic carbocycles. The Morgan fingerprint density at radius 3 is 2.52 bits per heavy atom. The molecule has 0 saturated heterocycles. The van der Waals surface area contributed by atoms with Gasteiger partial charge < -0.3 is 10.4 Å². The lowest BCUT2D eigenvalue weighted by Crippen LogP contribution is -2.40. The number of carbonyl (C=O) groups is 1. The molecule has 0 saturated carbocycles. The predicted octanol–water partition coefficient (Wildman–Crippen LogP) is 3.97. The van der Waals surface area contributed by atoms with E-state index in [0.29, 0.717) is 29.1 Å². The summed E-state index contributed by atoms with van der Waals surface area (Å²) in [4.78, 5) is 12.5. The summed E-state index contributed by atoms with van der Waals surface area (Å²) in [5.74, 6) is -0.446. The molecule has 4 heteroatoms. The van der Waals surface area contributed by atoms with Crippen LogP contribution < -0.4 is 5.32 Å². The van der Waals surface area contributed by atoms with Gasteiger partial charge in [-0.05, 0) is 30.2 Å². The molecule has 3 nitrogen and oxygen atoms in total. The second-order valence-corrected chi connectivity index (χ2v) is 5.38. The monoisotopic (exact) mass is 303 g/mol. The molecule has 2 aromatic rings. The zero-order valence-electron chi connectivity index (χ0n) is 11.8. The van der Waals surface area contributed by atoms with Crippen molar-refractivity contribution >= 4 is 23.2 Å². The number of halogens is 1. The molecule has 21 heavy (non-hydrogen) atoms. The van der Waals surface area contributed by atoms with E-state index in [2.05, 4.69) is 5.32 Å². The normalized spacial score (nSPS) is 13.5. The van der Waals surface area contributed by atoms with Crippen LogP contribution in [0.15, 0.2) is 54.6 Å². The van der Waals surface area contributed by atoms with Crippen molar-refractivity contribution in [1.82, 2.24) is 0 Å². The van der Waals surface area contributed by atoms with E-state index in [9.17, 15) is 9.90 Å². The van der Waals surface area contributed by atoms with E-state index in [1.165, 1.54) is 0 Å². The van der Waals surface area contributed by atoms with Crippen LogP contribution in [0.2, 0.25) is 5.02 Å². The van der Waals surface area contributed by atoms with Crippen molar-refractivity contribution in [1.29, 1.82) is 0 Å². The first kappa shape index (κ1) is 15.5. The number of anilines is 1. The summed E-state index contributed by atoms with van der Waals surface area (Å²) in [6.45, 7) is 1.93. The Hall–Kier alpha value is -1.84. The zero-order valence-corrected chi connectivity index (χ0v) is 12.6. The molecule has 0 bridgehead atoms. The van der Waals surface area contributed by atoms with Crippen LogP contribution >= 0.6 is 11.6 Å². The lowest BCUT2D eigenvalue weighted by atomic mass is 9.88. The minimum atomic E-state index is -1.54. The van der Waals surface area contributed by atoms with Crippen LogP contribution in [-0.2, 0) is 10.4 Å². The van der Waals surface area contributed by atoms with Crippen molar-refractivity contribution in [3.8, 4) is 0 Å². The minimum absolute atomic E-state index is 0.351. The fourth-order valence-corrected chi connectivity index (χ4v) is 2.46. The standard InChI is InChI=1S/C17H18ClNO2/c1-2-11-17(21,13-7-4-3-5-8-13)16(20)19-15-10-6-9-14(18)12-15/h3-10,12,21H,2,11H2,1H3,(H,19,20). The molecule has 1 amide bonds. The van der Waals surface area contributed by atoms with Crippen molar-refractivity contribution in [3.63, 3.8) is 0 Å². The fourth-order valence-electron chi connectivity index (χ4n) is 2.27. The van der Waals surface area contributed by atoms with Crippen molar-refractivity contribution in [2.75, 3.05) is 5.32 Å². The molecule has 0 aliphatic heterocycles. The maximum atomic E-state index is 12.5. The van der Waals surface area contributed by atoms with Gasteiger partial charge in [-0.25, -0.2) is 0 Å². The molecule has 2 rings (SSSR count). The number of hydrogen-bond donors (Lipinski definition) is 2. The van der Waals surface area contributed by atoms with Gasteiger partial charge in [0.2, 0.25) is 0 Å². The molecule has 0 aliphatic rings. The fraction of sp³-hybridized carbons (Fsp3) is 0.235. The molecule has 110 valence electrons. The summed E-state index contributed by atoms with van der Waals surface area (Å²) in [5.41, 5.74) is -0.387. The summed E-state index contributed by atoms with van der Waals surface area (Å²) >= 11 is 5.91. The predicted molar refractivity (Wildman–Crippen MR) is 85.3 cm³/mol. The van der Waals surface area contributed by atoms with Gasteiger partial charge in [-0.1, -0.05) is 61.3 Å². The first-order valence-electron chi connectivity index (χ1n) is 6.91. The van der Waals surface area contributed by atoms with Crippen LogP contribution in [0.5, 0.6) is 0 Å².